The van der Waals surface area contributed by atoms with Crippen molar-refractivity contribution in [2.24, 2.45) is 0 Å². The second-order valence-electron chi connectivity index (χ2n) is 2.92. The molecular formula is C10H8N2O3. The summed E-state index contributed by atoms with van der Waals surface area (Å²) < 4.78 is 4.58. The molecule has 0 unspecified atom stereocenters. The Labute approximate surface area is 84.7 Å². The topological polar surface area (TPSA) is 72.1 Å². The van der Waals surface area contributed by atoms with Crippen LogP contribution in [0.4, 0.5) is 0 Å². The molecule has 2 aromatic heterocycles. The normalized spacial score (nSPS) is 10.2. The van der Waals surface area contributed by atoms with Crippen molar-refractivity contribution in [1.82, 2.24) is 9.97 Å². The first-order valence-electron chi connectivity index (χ1n) is 4.29. The maximum atomic E-state index is 11.4. The van der Waals surface area contributed by atoms with Crippen molar-refractivity contribution in [3.63, 3.8) is 0 Å². The molecule has 15 heavy (non-hydrogen) atoms. The van der Waals surface area contributed by atoms with Crippen LogP contribution in [0.25, 0.3) is 10.9 Å². The first-order valence-corrected chi connectivity index (χ1v) is 4.29. The highest BCUT2D eigenvalue weighted by molar-refractivity contribution is 6.01. The van der Waals surface area contributed by atoms with Crippen LogP contribution in [-0.4, -0.2) is 23.0 Å². The van der Waals surface area contributed by atoms with Crippen molar-refractivity contribution in [2.75, 3.05) is 7.11 Å². The zero-order valence-corrected chi connectivity index (χ0v) is 7.98. The number of carbonyl (C=O) groups is 1. The largest absolute Gasteiger partial charge is 0.465 e. The SMILES string of the molecule is COC(=O)c1c[nH]c(=O)c2cccnc12. The van der Waals surface area contributed by atoms with E-state index in [-0.39, 0.29) is 11.1 Å². The van der Waals surface area contributed by atoms with Gasteiger partial charge in [-0.1, -0.05) is 0 Å². The van der Waals surface area contributed by atoms with Crippen LogP contribution in [0.3, 0.4) is 0 Å². The van der Waals surface area contributed by atoms with Crippen molar-refractivity contribution in [3.8, 4) is 0 Å². The number of carbonyl (C=O) groups excluding carboxylic acids is 1. The summed E-state index contributed by atoms with van der Waals surface area (Å²) in [5, 5.41) is 0.375. The summed E-state index contributed by atoms with van der Waals surface area (Å²) >= 11 is 0. The fourth-order valence-corrected chi connectivity index (χ4v) is 1.35. The molecule has 0 spiro atoms. The fraction of sp³-hybridized carbons (Fsp3) is 0.100. The highest BCUT2D eigenvalue weighted by Crippen LogP contribution is 2.11. The van der Waals surface area contributed by atoms with Crippen LogP contribution in [0.2, 0.25) is 0 Å². The molecule has 0 saturated heterocycles. The second-order valence-corrected chi connectivity index (χ2v) is 2.92. The van der Waals surface area contributed by atoms with Crippen molar-refractivity contribution < 1.29 is 9.53 Å². The molecule has 0 aliphatic carbocycles. The molecule has 0 bridgehead atoms. The van der Waals surface area contributed by atoms with Gasteiger partial charge in [-0.2, -0.15) is 0 Å². The Kier molecular flexibility index (Phi) is 2.21. The van der Waals surface area contributed by atoms with Crippen LogP contribution in [0, 0.1) is 0 Å². The first kappa shape index (κ1) is 9.39. The average molecular weight is 204 g/mol. The number of ether oxygens (including phenoxy) is 1. The standard InChI is InChI=1S/C10H8N2O3/c1-15-10(14)7-5-12-9(13)6-3-2-4-11-8(6)7/h2-5H,1H3,(H,12,13). The number of H-pyrrole nitrogens is 1. The molecule has 1 N–H and O–H groups in total. The summed E-state index contributed by atoms with van der Waals surface area (Å²) in [5.41, 5.74) is 0.339. The van der Waals surface area contributed by atoms with E-state index in [1.807, 2.05) is 0 Å². The molecule has 5 heteroatoms. The summed E-state index contributed by atoms with van der Waals surface area (Å²) in [7, 11) is 1.28. The van der Waals surface area contributed by atoms with Gasteiger partial charge in [-0.3, -0.25) is 9.78 Å². The van der Waals surface area contributed by atoms with Crippen molar-refractivity contribution in [3.05, 3.63) is 40.4 Å². The third-order valence-corrected chi connectivity index (χ3v) is 2.06. The van der Waals surface area contributed by atoms with Gasteiger partial charge in [0.2, 0.25) is 0 Å². The number of hydrogen-bond donors (Lipinski definition) is 1. The monoisotopic (exact) mass is 204 g/mol. The van der Waals surface area contributed by atoms with Crippen LogP contribution in [0.15, 0.2) is 29.3 Å². The maximum absolute atomic E-state index is 11.4. The number of methoxy groups -OCH3 is 1. The lowest BCUT2D eigenvalue weighted by molar-refractivity contribution is 0.0602. The van der Waals surface area contributed by atoms with Gasteiger partial charge in [-0.15, -0.1) is 0 Å². The van der Waals surface area contributed by atoms with Gasteiger partial charge < -0.3 is 9.72 Å². The number of nitrogens with zero attached hydrogens (tertiary/aromatic N) is 1. The van der Waals surface area contributed by atoms with Gasteiger partial charge in [0.15, 0.2) is 0 Å². The van der Waals surface area contributed by atoms with Crippen LogP contribution in [0.1, 0.15) is 10.4 Å². The van der Waals surface area contributed by atoms with E-state index >= 15 is 0 Å². The molecule has 2 heterocycles. The summed E-state index contributed by atoms with van der Waals surface area (Å²) in [4.78, 5) is 29.2. The molecule has 2 rings (SSSR count). The van der Waals surface area contributed by atoms with Gasteiger partial charge in [0, 0.05) is 12.4 Å². The number of fused-ring (bicyclic) bond motifs is 1. The Morgan fingerprint density at radius 3 is 3.07 bits per heavy atom. The number of esters is 1. The molecule has 0 atom stereocenters. The molecule has 0 aliphatic rings. The first-order chi connectivity index (χ1) is 7.24. The number of aromatic nitrogens is 2. The Morgan fingerprint density at radius 1 is 1.53 bits per heavy atom. The summed E-state index contributed by atoms with van der Waals surface area (Å²) in [6.45, 7) is 0. The van der Waals surface area contributed by atoms with Gasteiger partial charge in [-0.05, 0) is 12.1 Å². The molecule has 0 amide bonds. The van der Waals surface area contributed by atoms with E-state index in [0.29, 0.717) is 10.9 Å². The number of hydrogen-bond acceptors (Lipinski definition) is 4. The van der Waals surface area contributed by atoms with Gasteiger partial charge >= 0.3 is 5.97 Å². The molecule has 0 aliphatic heterocycles. The predicted octanol–water partition coefficient (Wildman–Crippen LogP) is 0.710. The zero-order valence-electron chi connectivity index (χ0n) is 7.98. The van der Waals surface area contributed by atoms with Gasteiger partial charge in [0.1, 0.15) is 5.56 Å². The number of pyridine rings is 2. The van der Waals surface area contributed by atoms with Crippen molar-refractivity contribution >= 4 is 16.9 Å². The molecule has 0 saturated carbocycles. The molecule has 76 valence electrons. The van der Waals surface area contributed by atoms with Crippen LogP contribution in [0.5, 0.6) is 0 Å². The van der Waals surface area contributed by atoms with E-state index < -0.39 is 5.97 Å². The summed E-state index contributed by atoms with van der Waals surface area (Å²) in [6, 6.07) is 3.24. The Balaban J connectivity index is 2.83. The average Bonchev–Trinajstić information content (AvgIpc) is 2.29. The quantitative estimate of drug-likeness (QED) is 0.694. The van der Waals surface area contributed by atoms with E-state index in [1.54, 1.807) is 12.1 Å². The van der Waals surface area contributed by atoms with Gasteiger partial charge in [0.05, 0.1) is 18.0 Å². The molecule has 2 aromatic rings. The minimum atomic E-state index is -0.519. The molecular weight excluding hydrogens is 196 g/mol. The smallest absolute Gasteiger partial charge is 0.341 e. The molecule has 0 fully saturated rings. The zero-order chi connectivity index (χ0) is 10.8. The fourth-order valence-electron chi connectivity index (χ4n) is 1.35. The van der Waals surface area contributed by atoms with Crippen molar-refractivity contribution in [2.45, 2.75) is 0 Å². The Hall–Kier alpha value is -2.17. The molecule has 0 aromatic carbocycles. The third kappa shape index (κ3) is 1.48. The maximum Gasteiger partial charge on any atom is 0.341 e. The lowest BCUT2D eigenvalue weighted by Gasteiger charge is -2.02. The highest BCUT2D eigenvalue weighted by Gasteiger charge is 2.12. The van der Waals surface area contributed by atoms with Crippen LogP contribution < -0.4 is 5.56 Å². The van der Waals surface area contributed by atoms with Crippen LogP contribution >= 0.6 is 0 Å². The minimum Gasteiger partial charge on any atom is -0.465 e. The van der Waals surface area contributed by atoms with Crippen molar-refractivity contribution in [1.29, 1.82) is 0 Å². The summed E-state index contributed by atoms with van der Waals surface area (Å²) in [5.74, 6) is -0.519. The Morgan fingerprint density at radius 2 is 2.33 bits per heavy atom. The lowest BCUT2D eigenvalue weighted by Crippen LogP contribution is -2.12. The van der Waals surface area contributed by atoms with E-state index in [9.17, 15) is 9.59 Å². The molecule has 5 nitrogen and oxygen atoms in total. The van der Waals surface area contributed by atoms with E-state index in [4.69, 9.17) is 0 Å². The van der Waals surface area contributed by atoms with Crippen LogP contribution in [-0.2, 0) is 4.74 Å². The minimum absolute atomic E-state index is 0.257. The molecule has 0 radical (unpaired) electrons. The van der Waals surface area contributed by atoms with E-state index in [1.165, 1.54) is 19.5 Å². The van der Waals surface area contributed by atoms with E-state index in [0.717, 1.165) is 0 Å². The summed E-state index contributed by atoms with van der Waals surface area (Å²) in [6.07, 6.45) is 2.83. The lowest BCUT2D eigenvalue weighted by atomic mass is 10.2. The predicted molar refractivity (Wildman–Crippen MR) is 53.7 cm³/mol. The number of aromatic amines is 1. The number of nitrogens with one attached hydrogen (secondary N) is 1. The number of rotatable bonds is 1. The van der Waals surface area contributed by atoms with Gasteiger partial charge in [-0.25, -0.2) is 4.79 Å². The van der Waals surface area contributed by atoms with E-state index in [2.05, 4.69) is 14.7 Å². The third-order valence-electron chi connectivity index (χ3n) is 2.06. The van der Waals surface area contributed by atoms with Gasteiger partial charge in [0.25, 0.3) is 5.56 Å². The second kappa shape index (κ2) is 3.53. The highest BCUT2D eigenvalue weighted by atomic mass is 16.5. The Bertz CT molecular complexity index is 574.